The highest BCUT2D eigenvalue weighted by Crippen LogP contribution is 2.24. The van der Waals surface area contributed by atoms with Gasteiger partial charge in [0.1, 0.15) is 4.21 Å². The Labute approximate surface area is 148 Å². The fourth-order valence-electron chi connectivity index (χ4n) is 2.49. The number of nitrogens with zero attached hydrogens (tertiary/aromatic N) is 1. The lowest BCUT2D eigenvalue weighted by Crippen LogP contribution is -2.39. The number of nitrogens with one attached hydrogen (secondary N) is 2. The molecule has 1 aliphatic rings. The average Bonchev–Trinajstić information content (AvgIpc) is 3.17. The summed E-state index contributed by atoms with van der Waals surface area (Å²) in [5.74, 6) is -0.0148. The van der Waals surface area contributed by atoms with Gasteiger partial charge in [0.05, 0.1) is 12.6 Å². The van der Waals surface area contributed by atoms with E-state index in [1.807, 2.05) is 13.8 Å². The first-order valence-electron chi connectivity index (χ1n) is 7.59. The smallest absolute Gasteiger partial charge is 0.252 e. The number of thiophene rings is 1. The summed E-state index contributed by atoms with van der Waals surface area (Å²) in [6.45, 7) is 5.81. The highest BCUT2D eigenvalue weighted by molar-refractivity contribution is 7.91. The molecule has 0 aromatic carbocycles. The molecule has 1 saturated heterocycles. The number of sulfonamides is 1. The number of halogens is 1. The summed E-state index contributed by atoms with van der Waals surface area (Å²) in [4.78, 5) is 12.8. The van der Waals surface area contributed by atoms with Crippen LogP contribution in [0.2, 0.25) is 0 Å². The summed E-state index contributed by atoms with van der Waals surface area (Å²) >= 11 is 1.22. The van der Waals surface area contributed by atoms with E-state index in [-0.39, 0.29) is 24.4 Å². The zero-order chi connectivity index (χ0) is 16.2. The first kappa shape index (κ1) is 20.4. The van der Waals surface area contributed by atoms with Crippen LogP contribution in [0.4, 0.5) is 0 Å². The molecule has 1 aromatic heterocycles. The van der Waals surface area contributed by atoms with Crippen LogP contribution in [0.1, 0.15) is 31.6 Å². The predicted octanol–water partition coefficient (Wildman–Crippen LogP) is 1.57. The van der Waals surface area contributed by atoms with Gasteiger partial charge in [-0.25, -0.2) is 8.42 Å². The van der Waals surface area contributed by atoms with Gasteiger partial charge in [-0.2, -0.15) is 4.31 Å². The van der Waals surface area contributed by atoms with Crippen molar-refractivity contribution in [3.63, 3.8) is 0 Å². The lowest BCUT2D eigenvalue weighted by atomic mass is 10.2. The molecule has 0 spiro atoms. The van der Waals surface area contributed by atoms with E-state index < -0.39 is 10.0 Å². The van der Waals surface area contributed by atoms with Gasteiger partial charge in [-0.15, -0.1) is 23.7 Å². The molecule has 2 heterocycles. The molecule has 132 valence electrons. The zero-order valence-electron chi connectivity index (χ0n) is 13.4. The molecule has 2 rings (SSSR count). The highest BCUT2D eigenvalue weighted by Gasteiger charge is 2.24. The minimum absolute atomic E-state index is 0. The summed E-state index contributed by atoms with van der Waals surface area (Å²) in [7, 11) is -3.41. The molecule has 23 heavy (non-hydrogen) atoms. The molecule has 1 atom stereocenters. The fraction of sp³-hybridized carbons (Fsp3) is 0.643. The van der Waals surface area contributed by atoms with E-state index in [4.69, 9.17) is 0 Å². The summed E-state index contributed by atoms with van der Waals surface area (Å²) in [6.07, 6.45) is 1.88. The second-order valence-corrected chi connectivity index (χ2v) is 8.51. The van der Waals surface area contributed by atoms with Gasteiger partial charge < -0.3 is 10.6 Å². The Balaban J connectivity index is 0.00000264. The van der Waals surface area contributed by atoms with Crippen molar-refractivity contribution in [2.24, 2.45) is 0 Å². The van der Waals surface area contributed by atoms with E-state index >= 15 is 0 Å². The maximum atomic E-state index is 12.4. The third kappa shape index (κ3) is 4.90. The van der Waals surface area contributed by atoms with Crippen LogP contribution in [0.15, 0.2) is 16.3 Å². The van der Waals surface area contributed by atoms with Crippen LogP contribution in [-0.2, 0) is 21.4 Å². The van der Waals surface area contributed by atoms with Gasteiger partial charge in [-0.05, 0) is 31.5 Å². The molecule has 1 amide bonds. The standard InChI is InChI=1S/C14H23N3O3S2.ClH/c1-3-17(4-2)22(19,20)13-8-7-11(21-13)10-16-14(18)12-6-5-9-15-12;/h7-8,12,15H,3-6,9-10H2,1-2H3,(H,16,18);1H. The zero-order valence-corrected chi connectivity index (χ0v) is 15.8. The van der Waals surface area contributed by atoms with Gasteiger partial charge in [-0.3, -0.25) is 4.79 Å². The molecule has 0 radical (unpaired) electrons. The van der Waals surface area contributed by atoms with Crippen LogP contribution in [0.25, 0.3) is 0 Å². The van der Waals surface area contributed by atoms with E-state index in [2.05, 4.69) is 10.6 Å². The van der Waals surface area contributed by atoms with Gasteiger partial charge in [0, 0.05) is 18.0 Å². The predicted molar refractivity (Wildman–Crippen MR) is 94.5 cm³/mol. The lowest BCUT2D eigenvalue weighted by molar-refractivity contribution is -0.122. The second-order valence-electron chi connectivity index (χ2n) is 5.18. The van der Waals surface area contributed by atoms with Crippen LogP contribution >= 0.6 is 23.7 Å². The Bertz CT molecular complexity index is 609. The van der Waals surface area contributed by atoms with Crippen LogP contribution in [0.5, 0.6) is 0 Å². The van der Waals surface area contributed by atoms with Gasteiger partial charge in [-0.1, -0.05) is 13.8 Å². The van der Waals surface area contributed by atoms with Crippen molar-refractivity contribution in [3.8, 4) is 0 Å². The molecular weight excluding hydrogens is 358 g/mol. The Morgan fingerprint density at radius 1 is 1.39 bits per heavy atom. The lowest BCUT2D eigenvalue weighted by Gasteiger charge is -2.16. The summed E-state index contributed by atoms with van der Waals surface area (Å²) in [6, 6.07) is 3.27. The average molecular weight is 382 g/mol. The monoisotopic (exact) mass is 381 g/mol. The quantitative estimate of drug-likeness (QED) is 0.751. The molecular formula is C14H24ClN3O3S2. The Morgan fingerprint density at radius 2 is 2.09 bits per heavy atom. The number of carbonyl (C=O) groups is 1. The highest BCUT2D eigenvalue weighted by atomic mass is 35.5. The largest absolute Gasteiger partial charge is 0.350 e. The Morgan fingerprint density at radius 3 is 2.65 bits per heavy atom. The SMILES string of the molecule is CCN(CC)S(=O)(=O)c1ccc(CNC(=O)C2CCCN2)s1.Cl. The van der Waals surface area contributed by atoms with Gasteiger partial charge in [0.15, 0.2) is 0 Å². The van der Waals surface area contributed by atoms with E-state index in [0.29, 0.717) is 23.8 Å². The molecule has 0 aliphatic carbocycles. The molecule has 6 nitrogen and oxygen atoms in total. The van der Waals surface area contributed by atoms with Crippen molar-refractivity contribution in [3.05, 3.63) is 17.0 Å². The van der Waals surface area contributed by atoms with Crippen molar-refractivity contribution in [1.29, 1.82) is 0 Å². The van der Waals surface area contributed by atoms with Crippen LogP contribution in [0.3, 0.4) is 0 Å². The Hall–Kier alpha value is -0.670. The van der Waals surface area contributed by atoms with Crippen molar-refractivity contribution >= 4 is 39.7 Å². The summed E-state index contributed by atoms with van der Waals surface area (Å²) in [5, 5.41) is 6.00. The molecule has 2 N–H and O–H groups in total. The van der Waals surface area contributed by atoms with Crippen molar-refractivity contribution in [1.82, 2.24) is 14.9 Å². The van der Waals surface area contributed by atoms with E-state index in [1.165, 1.54) is 15.6 Å². The van der Waals surface area contributed by atoms with Gasteiger partial charge >= 0.3 is 0 Å². The topological polar surface area (TPSA) is 78.5 Å². The van der Waals surface area contributed by atoms with Crippen LogP contribution < -0.4 is 10.6 Å². The molecule has 1 aromatic rings. The van der Waals surface area contributed by atoms with Gasteiger partial charge in [0.25, 0.3) is 10.0 Å². The van der Waals surface area contributed by atoms with E-state index in [0.717, 1.165) is 24.3 Å². The second kappa shape index (κ2) is 8.98. The van der Waals surface area contributed by atoms with Crippen LogP contribution in [0, 0.1) is 0 Å². The summed E-state index contributed by atoms with van der Waals surface area (Å²) < 4.78 is 26.6. The number of hydrogen-bond donors (Lipinski definition) is 2. The molecule has 1 fully saturated rings. The first-order chi connectivity index (χ1) is 10.5. The molecule has 0 saturated carbocycles. The normalized spacial score (nSPS) is 18.0. The number of hydrogen-bond acceptors (Lipinski definition) is 5. The Kier molecular flexibility index (Phi) is 7.96. The summed E-state index contributed by atoms with van der Waals surface area (Å²) in [5.41, 5.74) is 0. The van der Waals surface area contributed by atoms with Crippen LogP contribution in [-0.4, -0.2) is 44.3 Å². The minimum atomic E-state index is -3.41. The fourth-order valence-corrected chi connectivity index (χ4v) is 5.40. The third-order valence-corrected chi connectivity index (χ3v) is 7.35. The number of carbonyl (C=O) groups excluding carboxylic acids is 1. The molecule has 0 bridgehead atoms. The van der Waals surface area contributed by atoms with E-state index in [1.54, 1.807) is 12.1 Å². The maximum absolute atomic E-state index is 12.4. The van der Waals surface area contributed by atoms with Crippen molar-refractivity contribution in [2.75, 3.05) is 19.6 Å². The molecule has 1 unspecified atom stereocenters. The molecule has 1 aliphatic heterocycles. The minimum Gasteiger partial charge on any atom is -0.350 e. The molecule has 9 heteroatoms. The van der Waals surface area contributed by atoms with E-state index in [9.17, 15) is 13.2 Å². The maximum Gasteiger partial charge on any atom is 0.252 e. The number of amides is 1. The van der Waals surface area contributed by atoms with Gasteiger partial charge in [0.2, 0.25) is 5.91 Å². The third-order valence-electron chi connectivity index (χ3n) is 3.75. The number of rotatable bonds is 7. The first-order valence-corrected chi connectivity index (χ1v) is 9.84. The van der Waals surface area contributed by atoms with Crippen molar-refractivity contribution in [2.45, 2.75) is 43.5 Å². The van der Waals surface area contributed by atoms with Crippen molar-refractivity contribution < 1.29 is 13.2 Å².